The highest BCUT2D eigenvalue weighted by Crippen LogP contribution is 2.21. The summed E-state index contributed by atoms with van der Waals surface area (Å²) in [7, 11) is 1.00. The van der Waals surface area contributed by atoms with E-state index in [-0.39, 0.29) is 0 Å². The van der Waals surface area contributed by atoms with Crippen LogP contribution in [0.25, 0.3) is 17.2 Å². The third-order valence-corrected chi connectivity index (χ3v) is 8.20. The van der Waals surface area contributed by atoms with Crippen molar-refractivity contribution in [2.45, 2.75) is 116 Å². The molecule has 1 atom stereocenters. The lowest BCUT2D eigenvalue weighted by atomic mass is 10.0. The maximum atomic E-state index is 9.27. The SMILES string of the molecule is CCCCCCCCCCCCCCCCN1CCC[C@@H](Nc2ccnc(-c3cnc4ccc(C#N)cn34)n2)C1.CO. The van der Waals surface area contributed by atoms with Gasteiger partial charge >= 0.3 is 0 Å². The number of aliphatic hydroxyl groups is 1. The van der Waals surface area contributed by atoms with Gasteiger partial charge in [-0.05, 0) is 50.6 Å². The van der Waals surface area contributed by atoms with E-state index in [0.29, 0.717) is 17.4 Å². The summed E-state index contributed by atoms with van der Waals surface area (Å²) in [5.74, 6) is 1.46. The van der Waals surface area contributed by atoms with E-state index in [9.17, 15) is 5.26 Å². The summed E-state index contributed by atoms with van der Waals surface area (Å²) >= 11 is 0. The molecule has 230 valence electrons. The summed E-state index contributed by atoms with van der Waals surface area (Å²) in [6.07, 6.45) is 27.4. The highest BCUT2D eigenvalue weighted by Gasteiger charge is 2.20. The van der Waals surface area contributed by atoms with Crippen LogP contribution < -0.4 is 5.32 Å². The van der Waals surface area contributed by atoms with E-state index in [1.54, 1.807) is 24.7 Å². The number of hydrogen-bond acceptors (Lipinski definition) is 7. The maximum absolute atomic E-state index is 9.27. The first-order valence-electron chi connectivity index (χ1n) is 16.4. The molecule has 8 heteroatoms. The van der Waals surface area contributed by atoms with Crippen molar-refractivity contribution in [3.8, 4) is 17.6 Å². The fourth-order valence-electron chi connectivity index (χ4n) is 5.89. The number of imidazole rings is 1. The van der Waals surface area contributed by atoms with E-state index < -0.39 is 0 Å². The van der Waals surface area contributed by atoms with Gasteiger partial charge in [-0.15, -0.1) is 0 Å². The molecule has 0 radical (unpaired) electrons. The molecule has 0 aromatic carbocycles. The lowest BCUT2D eigenvalue weighted by molar-refractivity contribution is 0.212. The number of nitrogens with zero attached hydrogens (tertiary/aromatic N) is 6. The van der Waals surface area contributed by atoms with Crippen LogP contribution in [0.2, 0.25) is 0 Å². The molecule has 0 saturated carbocycles. The molecule has 42 heavy (non-hydrogen) atoms. The first-order chi connectivity index (χ1) is 20.8. The Morgan fingerprint density at radius 2 is 1.57 bits per heavy atom. The number of anilines is 1. The standard InChI is InChI=1S/C33H49N7.CH4O/c1-2-3-4-5-6-7-8-9-10-11-12-13-14-15-22-39-23-16-17-29(27-39)37-31-20-21-35-33(38-31)30-25-36-32-19-18-28(24-34)26-40(30)32;1-2/h18-21,25-26,29H,2-17,22-23,27H2,1H3,(H,35,37,38);2H,1H3/t29-;/m1./s1. The molecular weight excluding hydrogens is 522 g/mol. The van der Waals surface area contributed by atoms with Crippen LogP contribution in [-0.2, 0) is 0 Å². The van der Waals surface area contributed by atoms with Crippen molar-refractivity contribution >= 4 is 11.5 Å². The molecule has 8 nitrogen and oxygen atoms in total. The molecular formula is C34H53N7O. The topological polar surface area (TPSA) is 102 Å². The molecule has 4 heterocycles. The highest BCUT2D eigenvalue weighted by molar-refractivity contribution is 5.59. The van der Waals surface area contributed by atoms with Gasteiger partial charge in [-0.3, -0.25) is 4.40 Å². The minimum atomic E-state index is 0.399. The molecule has 0 unspecified atom stereocenters. The van der Waals surface area contributed by atoms with Crippen LogP contribution >= 0.6 is 0 Å². The van der Waals surface area contributed by atoms with Gasteiger partial charge in [-0.2, -0.15) is 5.26 Å². The van der Waals surface area contributed by atoms with Gasteiger partial charge in [-0.1, -0.05) is 90.4 Å². The number of likely N-dealkylation sites (tertiary alicyclic amines) is 1. The van der Waals surface area contributed by atoms with Crippen molar-refractivity contribution < 1.29 is 5.11 Å². The Kier molecular flexibility index (Phi) is 15.9. The predicted octanol–water partition coefficient (Wildman–Crippen LogP) is 7.63. The van der Waals surface area contributed by atoms with Crippen molar-refractivity contribution in [3.63, 3.8) is 0 Å². The van der Waals surface area contributed by atoms with Gasteiger partial charge in [0.1, 0.15) is 23.2 Å². The van der Waals surface area contributed by atoms with Crippen molar-refractivity contribution in [2.75, 3.05) is 32.1 Å². The van der Waals surface area contributed by atoms with Crippen LogP contribution in [0.4, 0.5) is 5.82 Å². The lowest BCUT2D eigenvalue weighted by Crippen LogP contribution is -2.42. The van der Waals surface area contributed by atoms with Gasteiger partial charge in [-0.25, -0.2) is 15.0 Å². The molecule has 1 aliphatic rings. The Balaban J connectivity index is 0.00000237. The molecule has 0 bridgehead atoms. The van der Waals surface area contributed by atoms with Gasteiger partial charge in [0.25, 0.3) is 0 Å². The van der Waals surface area contributed by atoms with Gasteiger partial charge in [0, 0.05) is 32.1 Å². The Morgan fingerprint density at radius 3 is 2.24 bits per heavy atom. The van der Waals surface area contributed by atoms with E-state index in [4.69, 9.17) is 10.1 Å². The Morgan fingerprint density at radius 1 is 0.905 bits per heavy atom. The average Bonchev–Trinajstić information content (AvgIpc) is 3.46. The third-order valence-electron chi connectivity index (χ3n) is 8.20. The first-order valence-corrected chi connectivity index (χ1v) is 16.4. The summed E-state index contributed by atoms with van der Waals surface area (Å²) in [5.41, 5.74) is 2.16. The Labute approximate surface area is 253 Å². The van der Waals surface area contributed by atoms with Gasteiger partial charge in [0.05, 0.1) is 11.8 Å². The molecule has 1 fully saturated rings. The number of nitriles is 1. The number of pyridine rings is 1. The fraction of sp³-hybridized carbons (Fsp3) is 0.647. The zero-order chi connectivity index (χ0) is 29.8. The zero-order valence-electron chi connectivity index (χ0n) is 26.1. The molecule has 1 saturated heterocycles. The molecule has 0 amide bonds. The third kappa shape index (κ3) is 11.3. The van der Waals surface area contributed by atoms with Crippen LogP contribution in [0.3, 0.4) is 0 Å². The van der Waals surface area contributed by atoms with Gasteiger partial charge in [0.15, 0.2) is 5.82 Å². The number of aromatic nitrogens is 4. The summed E-state index contributed by atoms with van der Waals surface area (Å²) in [6, 6.07) is 8.16. The molecule has 1 aliphatic heterocycles. The quantitative estimate of drug-likeness (QED) is 0.150. The minimum absolute atomic E-state index is 0.399. The van der Waals surface area contributed by atoms with Crippen LogP contribution in [0.5, 0.6) is 0 Å². The summed E-state index contributed by atoms with van der Waals surface area (Å²) in [6.45, 7) is 5.76. The first kappa shape index (κ1) is 33.5. The molecule has 3 aromatic rings. The Hall–Kier alpha value is -3.02. The van der Waals surface area contributed by atoms with Crippen molar-refractivity contribution in [1.29, 1.82) is 5.26 Å². The maximum Gasteiger partial charge on any atom is 0.180 e. The molecule has 3 aromatic heterocycles. The number of fused-ring (bicyclic) bond motifs is 1. The number of hydrogen-bond donors (Lipinski definition) is 2. The summed E-state index contributed by atoms with van der Waals surface area (Å²) in [5, 5.41) is 19.9. The number of rotatable bonds is 18. The van der Waals surface area contributed by atoms with E-state index in [2.05, 4.69) is 33.2 Å². The smallest absolute Gasteiger partial charge is 0.180 e. The van der Waals surface area contributed by atoms with Crippen LogP contribution in [0.1, 0.15) is 115 Å². The number of nitrogens with one attached hydrogen (secondary N) is 1. The monoisotopic (exact) mass is 575 g/mol. The van der Waals surface area contributed by atoms with Crippen LogP contribution in [0, 0.1) is 11.3 Å². The fourth-order valence-corrected chi connectivity index (χ4v) is 5.89. The van der Waals surface area contributed by atoms with Crippen molar-refractivity contribution in [3.05, 3.63) is 42.4 Å². The average molecular weight is 576 g/mol. The van der Waals surface area contributed by atoms with Crippen LogP contribution in [0.15, 0.2) is 36.8 Å². The van der Waals surface area contributed by atoms with E-state index >= 15 is 0 Å². The molecule has 4 rings (SSSR count). The normalized spacial score (nSPS) is 15.2. The second kappa shape index (κ2) is 20.0. The van der Waals surface area contributed by atoms with Crippen molar-refractivity contribution in [1.82, 2.24) is 24.3 Å². The zero-order valence-corrected chi connectivity index (χ0v) is 26.1. The molecule has 0 aliphatic carbocycles. The second-order valence-corrected chi connectivity index (χ2v) is 11.5. The summed E-state index contributed by atoms with van der Waals surface area (Å²) < 4.78 is 1.89. The number of piperidine rings is 1. The molecule has 0 spiro atoms. The number of aliphatic hydroxyl groups excluding tert-OH is 1. The highest BCUT2D eigenvalue weighted by atomic mass is 16.2. The Bertz CT molecular complexity index is 1190. The van der Waals surface area contributed by atoms with Crippen LogP contribution in [-0.4, -0.2) is 62.1 Å². The minimum Gasteiger partial charge on any atom is -0.400 e. The van der Waals surface area contributed by atoms with Gasteiger partial charge < -0.3 is 15.3 Å². The number of unbranched alkanes of at least 4 members (excludes halogenated alkanes) is 13. The van der Waals surface area contributed by atoms with E-state index in [0.717, 1.165) is 37.2 Å². The summed E-state index contributed by atoms with van der Waals surface area (Å²) in [4.78, 5) is 16.4. The van der Waals surface area contributed by atoms with E-state index in [1.165, 1.54) is 109 Å². The largest absolute Gasteiger partial charge is 0.400 e. The van der Waals surface area contributed by atoms with Gasteiger partial charge in [0.2, 0.25) is 0 Å². The van der Waals surface area contributed by atoms with E-state index in [1.807, 2.05) is 16.5 Å². The van der Waals surface area contributed by atoms with Crippen molar-refractivity contribution in [2.24, 2.45) is 0 Å². The molecule has 2 N–H and O–H groups in total. The second-order valence-electron chi connectivity index (χ2n) is 11.5. The lowest BCUT2D eigenvalue weighted by Gasteiger charge is -2.33. The predicted molar refractivity (Wildman–Crippen MR) is 172 cm³/mol.